The van der Waals surface area contributed by atoms with E-state index in [0.29, 0.717) is 19.6 Å². The van der Waals surface area contributed by atoms with Crippen LogP contribution in [0, 0.1) is 0 Å². The lowest BCUT2D eigenvalue weighted by Gasteiger charge is -2.05. The lowest BCUT2D eigenvalue weighted by Crippen LogP contribution is -2.05. The Balaban J connectivity index is 3.13. The van der Waals surface area contributed by atoms with Crippen LogP contribution in [0.1, 0.15) is 148 Å². The molecule has 0 aromatic heterocycles. The molecule has 0 aromatic rings. The van der Waals surface area contributed by atoms with E-state index in [1.54, 1.807) is 0 Å². The Hall–Kier alpha value is -0.570. The predicted octanol–water partition coefficient (Wildman–Crippen LogP) is 8.12. The van der Waals surface area contributed by atoms with Crippen molar-refractivity contribution in [1.29, 1.82) is 0 Å². The van der Waals surface area contributed by atoms with Gasteiger partial charge in [-0.25, -0.2) is 0 Å². The topological polar surface area (TPSA) is 46.5 Å². The average molecular weight is 413 g/mol. The summed E-state index contributed by atoms with van der Waals surface area (Å²) in [5.74, 6) is -0.00271. The monoisotopic (exact) mass is 412 g/mol. The first-order chi connectivity index (χ1) is 14.3. The molecule has 0 heterocycles. The highest BCUT2D eigenvalue weighted by molar-refractivity contribution is 5.69. The average Bonchev–Trinajstić information content (AvgIpc) is 2.72. The van der Waals surface area contributed by atoms with Gasteiger partial charge in [-0.1, -0.05) is 122 Å². The van der Waals surface area contributed by atoms with Gasteiger partial charge < -0.3 is 9.84 Å². The van der Waals surface area contributed by atoms with Crippen molar-refractivity contribution in [2.45, 2.75) is 148 Å². The van der Waals surface area contributed by atoms with Gasteiger partial charge in [0.25, 0.3) is 0 Å². The number of aliphatic hydroxyl groups is 1. The fourth-order valence-electron chi connectivity index (χ4n) is 3.82. The molecule has 0 atom stereocenters. The van der Waals surface area contributed by atoms with Crippen molar-refractivity contribution in [3.05, 3.63) is 0 Å². The van der Waals surface area contributed by atoms with Gasteiger partial charge in [0.05, 0.1) is 6.61 Å². The number of unbranched alkanes of at least 4 members (excludes halogenated alkanes) is 19. The van der Waals surface area contributed by atoms with Crippen LogP contribution in [0.25, 0.3) is 0 Å². The molecule has 0 aliphatic heterocycles. The second-order valence-corrected chi connectivity index (χ2v) is 8.77. The normalized spacial score (nSPS) is 11.1. The Morgan fingerprint density at radius 2 is 0.931 bits per heavy atom. The number of rotatable bonds is 24. The van der Waals surface area contributed by atoms with Crippen molar-refractivity contribution in [3.8, 4) is 0 Å². The number of hydrogen-bond donors (Lipinski definition) is 1. The lowest BCUT2D eigenvalue weighted by atomic mass is 10.0. The molecular weight excluding hydrogens is 360 g/mol. The predicted molar refractivity (Wildman–Crippen MR) is 125 cm³/mol. The zero-order valence-corrected chi connectivity index (χ0v) is 19.7. The SMILES string of the molecule is CCCCCCCCCCCCCCCC(=O)OCCCCCCCCCCO. The summed E-state index contributed by atoms with van der Waals surface area (Å²) in [4.78, 5) is 11.7. The summed E-state index contributed by atoms with van der Waals surface area (Å²) in [6.45, 7) is 3.20. The second-order valence-electron chi connectivity index (χ2n) is 8.77. The maximum absolute atomic E-state index is 11.7. The fraction of sp³-hybridized carbons (Fsp3) is 0.962. The second kappa shape index (κ2) is 25.5. The molecule has 0 amide bonds. The van der Waals surface area contributed by atoms with Gasteiger partial charge in [-0.05, 0) is 19.3 Å². The summed E-state index contributed by atoms with van der Waals surface area (Å²) in [7, 11) is 0. The van der Waals surface area contributed by atoms with E-state index in [1.165, 1.54) is 103 Å². The number of ether oxygens (including phenoxy) is 1. The number of hydrogen-bond acceptors (Lipinski definition) is 3. The van der Waals surface area contributed by atoms with Gasteiger partial charge in [-0.2, -0.15) is 0 Å². The van der Waals surface area contributed by atoms with Crippen molar-refractivity contribution >= 4 is 5.97 Å². The van der Waals surface area contributed by atoms with Crippen LogP contribution in [0.15, 0.2) is 0 Å². The zero-order valence-electron chi connectivity index (χ0n) is 19.7. The molecule has 0 bridgehead atoms. The molecule has 0 fully saturated rings. The fourth-order valence-corrected chi connectivity index (χ4v) is 3.82. The highest BCUT2D eigenvalue weighted by Crippen LogP contribution is 2.13. The van der Waals surface area contributed by atoms with Crippen molar-refractivity contribution in [2.24, 2.45) is 0 Å². The molecule has 3 nitrogen and oxygen atoms in total. The molecule has 174 valence electrons. The van der Waals surface area contributed by atoms with Gasteiger partial charge >= 0.3 is 5.97 Å². The van der Waals surface area contributed by atoms with E-state index in [2.05, 4.69) is 6.92 Å². The smallest absolute Gasteiger partial charge is 0.305 e. The Morgan fingerprint density at radius 1 is 0.552 bits per heavy atom. The van der Waals surface area contributed by atoms with E-state index < -0.39 is 0 Å². The van der Waals surface area contributed by atoms with Crippen LogP contribution in [-0.4, -0.2) is 24.3 Å². The summed E-state index contributed by atoms with van der Waals surface area (Å²) in [6.07, 6.45) is 27.2. The van der Waals surface area contributed by atoms with Gasteiger partial charge in [-0.3, -0.25) is 4.79 Å². The van der Waals surface area contributed by atoms with E-state index >= 15 is 0 Å². The molecule has 0 rings (SSSR count). The zero-order chi connectivity index (χ0) is 21.3. The molecule has 0 unspecified atom stereocenters. The van der Waals surface area contributed by atoms with E-state index in [0.717, 1.165) is 32.1 Å². The van der Waals surface area contributed by atoms with Crippen LogP contribution in [0.5, 0.6) is 0 Å². The van der Waals surface area contributed by atoms with Crippen LogP contribution < -0.4 is 0 Å². The third-order valence-electron chi connectivity index (χ3n) is 5.80. The van der Waals surface area contributed by atoms with Gasteiger partial charge in [-0.15, -0.1) is 0 Å². The van der Waals surface area contributed by atoms with Crippen LogP contribution in [-0.2, 0) is 9.53 Å². The van der Waals surface area contributed by atoms with Crippen LogP contribution in [0.4, 0.5) is 0 Å². The van der Waals surface area contributed by atoms with Crippen LogP contribution >= 0.6 is 0 Å². The van der Waals surface area contributed by atoms with E-state index in [-0.39, 0.29) is 5.97 Å². The largest absolute Gasteiger partial charge is 0.466 e. The summed E-state index contributed by atoms with van der Waals surface area (Å²) in [5, 5.41) is 8.72. The minimum absolute atomic E-state index is 0.00271. The first-order valence-corrected chi connectivity index (χ1v) is 13.1. The molecule has 3 heteroatoms. The highest BCUT2D eigenvalue weighted by atomic mass is 16.5. The molecule has 0 spiro atoms. The number of carbonyl (C=O) groups is 1. The minimum atomic E-state index is -0.00271. The first-order valence-electron chi connectivity index (χ1n) is 13.1. The number of esters is 1. The molecule has 1 N–H and O–H groups in total. The van der Waals surface area contributed by atoms with Gasteiger partial charge in [0.2, 0.25) is 0 Å². The standard InChI is InChI=1S/C26H52O3/c1-2-3-4-5-6-7-8-9-10-11-14-17-20-23-26(28)29-25-22-19-16-13-12-15-18-21-24-27/h27H,2-25H2,1H3. The van der Waals surface area contributed by atoms with Crippen molar-refractivity contribution in [1.82, 2.24) is 0 Å². The van der Waals surface area contributed by atoms with E-state index in [4.69, 9.17) is 9.84 Å². The Labute approximate surface area is 182 Å². The Bertz CT molecular complexity index is 317. The van der Waals surface area contributed by atoms with Crippen LogP contribution in [0.3, 0.4) is 0 Å². The van der Waals surface area contributed by atoms with Crippen molar-refractivity contribution < 1.29 is 14.6 Å². The van der Waals surface area contributed by atoms with Gasteiger partial charge in [0, 0.05) is 13.0 Å². The maximum Gasteiger partial charge on any atom is 0.305 e. The lowest BCUT2D eigenvalue weighted by molar-refractivity contribution is -0.143. The Morgan fingerprint density at radius 3 is 1.38 bits per heavy atom. The van der Waals surface area contributed by atoms with Gasteiger partial charge in [0.1, 0.15) is 0 Å². The highest BCUT2D eigenvalue weighted by Gasteiger charge is 2.02. The number of aliphatic hydroxyl groups excluding tert-OH is 1. The summed E-state index contributed by atoms with van der Waals surface area (Å²) >= 11 is 0. The molecule has 0 saturated carbocycles. The third kappa shape index (κ3) is 25.4. The molecule has 29 heavy (non-hydrogen) atoms. The van der Waals surface area contributed by atoms with E-state index in [1.807, 2.05) is 0 Å². The third-order valence-corrected chi connectivity index (χ3v) is 5.80. The summed E-state index contributed by atoms with van der Waals surface area (Å²) < 4.78 is 5.34. The molecule has 0 aliphatic rings. The Kier molecular flexibility index (Phi) is 25.0. The quantitative estimate of drug-likeness (QED) is 0.129. The first kappa shape index (κ1) is 28.4. The summed E-state index contributed by atoms with van der Waals surface area (Å²) in [6, 6.07) is 0. The molecular formula is C26H52O3. The molecule has 0 aromatic carbocycles. The van der Waals surface area contributed by atoms with E-state index in [9.17, 15) is 4.79 Å². The molecule has 0 radical (unpaired) electrons. The molecule has 0 saturated heterocycles. The van der Waals surface area contributed by atoms with Crippen LogP contribution in [0.2, 0.25) is 0 Å². The maximum atomic E-state index is 11.7. The molecule has 0 aliphatic carbocycles. The van der Waals surface area contributed by atoms with Crippen molar-refractivity contribution in [2.75, 3.05) is 13.2 Å². The minimum Gasteiger partial charge on any atom is -0.466 e. The van der Waals surface area contributed by atoms with Crippen molar-refractivity contribution in [3.63, 3.8) is 0 Å². The summed E-state index contributed by atoms with van der Waals surface area (Å²) in [5.41, 5.74) is 0. The van der Waals surface area contributed by atoms with Gasteiger partial charge in [0.15, 0.2) is 0 Å². The number of carbonyl (C=O) groups excluding carboxylic acids is 1.